The number of carboxylic acids is 1. The molecule has 5 rings (SSSR count). The van der Waals surface area contributed by atoms with Crippen LogP contribution in [-0.4, -0.2) is 39.3 Å². The van der Waals surface area contributed by atoms with Crippen LogP contribution in [0.3, 0.4) is 0 Å². The van der Waals surface area contributed by atoms with Gasteiger partial charge in [-0.1, -0.05) is 0 Å². The lowest BCUT2D eigenvalue weighted by Gasteiger charge is -2.37. The zero-order valence-corrected chi connectivity index (χ0v) is 16.1. The summed E-state index contributed by atoms with van der Waals surface area (Å²) in [5.41, 5.74) is 4.16. The van der Waals surface area contributed by atoms with E-state index in [-0.39, 0.29) is 40.5 Å². The molecule has 7 nitrogen and oxygen atoms in total. The van der Waals surface area contributed by atoms with Gasteiger partial charge in [0.2, 0.25) is 5.43 Å². The predicted molar refractivity (Wildman–Crippen MR) is 106 cm³/mol. The second kappa shape index (κ2) is 6.81. The molecule has 1 aliphatic heterocycles. The molecule has 1 saturated heterocycles. The van der Waals surface area contributed by atoms with Crippen LogP contribution in [-0.2, 0) is 0 Å². The van der Waals surface area contributed by atoms with Crippen molar-refractivity contribution in [2.45, 2.75) is 24.9 Å². The number of anilines is 1. The lowest BCUT2D eigenvalue weighted by Crippen LogP contribution is -2.42. The summed E-state index contributed by atoms with van der Waals surface area (Å²) in [7, 11) is 0. The second-order valence-corrected chi connectivity index (χ2v) is 7.93. The zero-order chi connectivity index (χ0) is 22.0. The van der Waals surface area contributed by atoms with E-state index in [1.807, 2.05) is 0 Å². The minimum atomic E-state index is -1.56. The normalized spacial score (nSPS) is 22.5. The van der Waals surface area contributed by atoms with Gasteiger partial charge >= 0.3 is 5.97 Å². The number of halogens is 3. The highest BCUT2D eigenvalue weighted by Crippen LogP contribution is 2.42. The van der Waals surface area contributed by atoms with Gasteiger partial charge in [0.05, 0.1) is 11.1 Å². The predicted octanol–water partition coefficient (Wildman–Crippen LogP) is 2.43. The number of aromatic carboxylic acids is 1. The molecule has 2 aliphatic rings. The minimum Gasteiger partial charge on any atom is -0.477 e. The van der Waals surface area contributed by atoms with Gasteiger partial charge in [-0.25, -0.2) is 22.9 Å². The van der Waals surface area contributed by atoms with Gasteiger partial charge in [-0.3, -0.25) is 9.36 Å². The lowest BCUT2D eigenvalue weighted by molar-refractivity contribution is 0.0695. The van der Waals surface area contributed by atoms with Gasteiger partial charge in [0.15, 0.2) is 17.3 Å². The van der Waals surface area contributed by atoms with Gasteiger partial charge in [0.1, 0.15) is 17.2 Å². The summed E-state index contributed by atoms with van der Waals surface area (Å²) in [6, 6.07) is 3.52. The number of hydrogen-bond donors (Lipinski definition) is 2. The SMILES string of the molecule is NC1CN(c2nc3c(cc2F)c(=O)c(C(=O)O)cn3-c2ccc(F)cc2F)C2CCC12. The third kappa shape index (κ3) is 2.89. The standard InChI is InChI=1S/C21H17F3N4O3/c22-9-1-3-17(13(23)5-9)27-7-12(21(30)31)18(29)11-6-14(24)20(26-19(11)27)28-8-15(25)10-2-4-16(10)28/h1,3,5-7,10,15-16H,2,4,8,25H2,(H,30,31). The Hall–Kier alpha value is -3.40. The fourth-order valence-corrected chi connectivity index (χ4v) is 4.56. The summed E-state index contributed by atoms with van der Waals surface area (Å²) in [6.45, 7) is 0.382. The van der Waals surface area contributed by atoms with Gasteiger partial charge in [0, 0.05) is 30.9 Å². The first-order valence-corrected chi connectivity index (χ1v) is 9.73. The number of carbonyl (C=O) groups is 1. The molecule has 3 N–H and O–H groups in total. The molecule has 10 heteroatoms. The zero-order valence-electron chi connectivity index (χ0n) is 16.1. The Kier molecular flexibility index (Phi) is 4.30. The Morgan fingerprint density at radius 1 is 1.16 bits per heavy atom. The lowest BCUT2D eigenvalue weighted by atomic mass is 9.78. The van der Waals surface area contributed by atoms with Crippen molar-refractivity contribution in [3.63, 3.8) is 0 Å². The van der Waals surface area contributed by atoms with Crippen LogP contribution in [0.25, 0.3) is 16.7 Å². The van der Waals surface area contributed by atoms with Crippen molar-refractivity contribution in [2.75, 3.05) is 11.4 Å². The van der Waals surface area contributed by atoms with Crippen molar-refractivity contribution in [2.24, 2.45) is 11.7 Å². The number of pyridine rings is 2. The van der Waals surface area contributed by atoms with E-state index in [0.717, 1.165) is 41.8 Å². The largest absolute Gasteiger partial charge is 0.477 e. The molecule has 3 aromatic rings. The first-order valence-electron chi connectivity index (χ1n) is 9.73. The van der Waals surface area contributed by atoms with Crippen molar-refractivity contribution in [3.05, 3.63) is 63.7 Å². The van der Waals surface area contributed by atoms with Crippen molar-refractivity contribution in [1.29, 1.82) is 0 Å². The number of fused-ring (bicyclic) bond motifs is 2. The number of benzene rings is 1. The van der Waals surface area contributed by atoms with Crippen LogP contribution in [0, 0.1) is 23.4 Å². The number of carboxylic acid groups (broad SMARTS) is 1. The molecule has 0 bridgehead atoms. The van der Waals surface area contributed by atoms with Crippen molar-refractivity contribution >= 4 is 22.8 Å². The molecule has 3 heterocycles. The Bertz CT molecular complexity index is 1310. The van der Waals surface area contributed by atoms with E-state index in [9.17, 15) is 23.5 Å². The third-order valence-corrected chi connectivity index (χ3v) is 6.23. The Balaban J connectivity index is 1.79. The van der Waals surface area contributed by atoms with Crippen LogP contribution in [0.1, 0.15) is 23.2 Å². The highest BCUT2D eigenvalue weighted by atomic mass is 19.1. The maximum absolute atomic E-state index is 15.0. The topological polar surface area (TPSA) is 101 Å². The van der Waals surface area contributed by atoms with Crippen LogP contribution in [0.15, 0.2) is 35.3 Å². The molecule has 1 saturated carbocycles. The molecule has 1 aromatic carbocycles. The highest BCUT2D eigenvalue weighted by Gasteiger charge is 2.47. The maximum atomic E-state index is 15.0. The van der Waals surface area contributed by atoms with Gasteiger partial charge in [0.25, 0.3) is 0 Å². The van der Waals surface area contributed by atoms with E-state index in [0.29, 0.717) is 12.6 Å². The van der Waals surface area contributed by atoms with Crippen LogP contribution >= 0.6 is 0 Å². The number of aromatic nitrogens is 2. The molecular weight excluding hydrogens is 413 g/mol. The van der Waals surface area contributed by atoms with Crippen molar-refractivity contribution in [3.8, 4) is 5.69 Å². The number of hydrogen-bond acceptors (Lipinski definition) is 5. The van der Waals surface area contributed by atoms with Gasteiger partial charge < -0.3 is 15.7 Å². The van der Waals surface area contributed by atoms with Crippen molar-refractivity contribution < 1.29 is 23.1 Å². The third-order valence-electron chi connectivity index (χ3n) is 6.23. The monoisotopic (exact) mass is 430 g/mol. The molecule has 3 atom stereocenters. The van der Waals surface area contributed by atoms with Crippen LogP contribution < -0.4 is 16.1 Å². The van der Waals surface area contributed by atoms with Crippen molar-refractivity contribution in [1.82, 2.24) is 9.55 Å². The summed E-state index contributed by atoms with van der Waals surface area (Å²) in [5.74, 6) is -3.98. The number of nitrogens with two attached hydrogens (primary N) is 1. The average molecular weight is 430 g/mol. The second-order valence-electron chi connectivity index (χ2n) is 7.93. The smallest absolute Gasteiger partial charge is 0.341 e. The van der Waals surface area contributed by atoms with E-state index in [1.54, 1.807) is 4.90 Å². The molecular formula is C21H17F3N4O3. The summed E-state index contributed by atoms with van der Waals surface area (Å²) in [6.07, 6.45) is 2.68. The van der Waals surface area contributed by atoms with E-state index in [4.69, 9.17) is 5.73 Å². The first-order chi connectivity index (χ1) is 14.8. The van der Waals surface area contributed by atoms with E-state index >= 15 is 4.39 Å². The molecule has 2 aromatic heterocycles. The summed E-state index contributed by atoms with van der Waals surface area (Å²) in [5, 5.41) is 9.08. The molecule has 31 heavy (non-hydrogen) atoms. The molecule has 0 spiro atoms. The van der Waals surface area contributed by atoms with Gasteiger partial charge in [-0.15, -0.1) is 0 Å². The van der Waals surface area contributed by atoms with Gasteiger partial charge in [-0.05, 0) is 37.0 Å². The number of nitrogens with zero attached hydrogens (tertiary/aromatic N) is 3. The molecule has 0 amide bonds. The van der Waals surface area contributed by atoms with Crippen LogP contribution in [0.4, 0.5) is 19.0 Å². The van der Waals surface area contributed by atoms with Crippen LogP contribution in [0.5, 0.6) is 0 Å². The summed E-state index contributed by atoms with van der Waals surface area (Å²) in [4.78, 5) is 30.3. The Morgan fingerprint density at radius 2 is 1.94 bits per heavy atom. The molecule has 2 fully saturated rings. The highest BCUT2D eigenvalue weighted by molar-refractivity contribution is 5.92. The maximum Gasteiger partial charge on any atom is 0.341 e. The van der Waals surface area contributed by atoms with E-state index in [1.165, 1.54) is 0 Å². The average Bonchev–Trinajstić information content (AvgIpc) is 2.89. The molecule has 3 unspecified atom stereocenters. The minimum absolute atomic E-state index is 0.0236. The quantitative estimate of drug-likeness (QED) is 0.662. The Morgan fingerprint density at radius 3 is 2.55 bits per heavy atom. The number of rotatable bonds is 3. The molecule has 1 aliphatic carbocycles. The summed E-state index contributed by atoms with van der Waals surface area (Å²) >= 11 is 0. The van der Waals surface area contributed by atoms with E-state index < -0.39 is 34.4 Å². The first kappa shape index (κ1) is 19.6. The fraction of sp³-hybridized carbons (Fsp3) is 0.286. The Labute approximate surface area is 173 Å². The molecule has 0 radical (unpaired) electrons. The molecule has 160 valence electrons. The fourth-order valence-electron chi connectivity index (χ4n) is 4.56. The van der Waals surface area contributed by atoms with Crippen LogP contribution in [0.2, 0.25) is 0 Å². The summed E-state index contributed by atoms with van der Waals surface area (Å²) < 4.78 is 44.0. The van der Waals surface area contributed by atoms with Gasteiger partial charge in [-0.2, -0.15) is 0 Å². The van der Waals surface area contributed by atoms with E-state index in [2.05, 4.69) is 4.98 Å².